The van der Waals surface area contributed by atoms with Crippen molar-refractivity contribution in [3.63, 3.8) is 0 Å². The van der Waals surface area contributed by atoms with E-state index in [9.17, 15) is 4.79 Å². The Bertz CT molecular complexity index is 191. The highest BCUT2D eigenvalue weighted by Gasteiger charge is 2.42. The molecule has 1 rings (SSSR count). The van der Waals surface area contributed by atoms with E-state index in [2.05, 4.69) is 6.58 Å². The van der Waals surface area contributed by atoms with E-state index in [4.69, 9.17) is 10.5 Å². The SMILES string of the molecule is C=CC(=O)C1(C)COCC1N. The normalized spacial score (nSPS) is 37.1. The van der Waals surface area contributed by atoms with Gasteiger partial charge in [-0.25, -0.2) is 0 Å². The predicted octanol–water partition coefficient (Wildman–Crippen LogP) is 0.105. The first kappa shape index (κ1) is 8.43. The Morgan fingerprint density at radius 2 is 2.55 bits per heavy atom. The standard InChI is InChI=1S/C8H13NO2/c1-3-7(10)8(2)5-11-4-6(8)9/h3,6H,1,4-5,9H2,2H3. The third-order valence-electron chi connectivity index (χ3n) is 2.27. The number of ether oxygens (including phenoxy) is 1. The van der Waals surface area contributed by atoms with Gasteiger partial charge in [-0.3, -0.25) is 4.79 Å². The fourth-order valence-electron chi connectivity index (χ4n) is 1.18. The Balaban J connectivity index is 2.80. The van der Waals surface area contributed by atoms with Gasteiger partial charge in [0.15, 0.2) is 5.78 Å². The van der Waals surface area contributed by atoms with Gasteiger partial charge in [0.1, 0.15) is 0 Å². The van der Waals surface area contributed by atoms with Crippen LogP contribution in [-0.2, 0) is 9.53 Å². The topological polar surface area (TPSA) is 52.3 Å². The molecule has 1 aliphatic rings. The van der Waals surface area contributed by atoms with E-state index in [0.717, 1.165) is 0 Å². The molecule has 0 aromatic rings. The minimum absolute atomic E-state index is 0.0255. The molecule has 0 aliphatic carbocycles. The van der Waals surface area contributed by atoms with Crippen molar-refractivity contribution in [1.29, 1.82) is 0 Å². The lowest BCUT2D eigenvalue weighted by molar-refractivity contribution is -0.123. The summed E-state index contributed by atoms with van der Waals surface area (Å²) in [5.41, 5.74) is 5.16. The molecule has 2 unspecified atom stereocenters. The van der Waals surface area contributed by atoms with Crippen molar-refractivity contribution in [2.75, 3.05) is 13.2 Å². The Morgan fingerprint density at radius 3 is 2.91 bits per heavy atom. The predicted molar refractivity (Wildman–Crippen MR) is 42.1 cm³/mol. The lowest BCUT2D eigenvalue weighted by Crippen LogP contribution is -2.43. The lowest BCUT2D eigenvalue weighted by atomic mass is 9.81. The van der Waals surface area contributed by atoms with Crippen LogP contribution in [0.2, 0.25) is 0 Å². The van der Waals surface area contributed by atoms with Crippen molar-refractivity contribution in [2.45, 2.75) is 13.0 Å². The number of rotatable bonds is 2. The van der Waals surface area contributed by atoms with E-state index >= 15 is 0 Å². The van der Waals surface area contributed by atoms with Crippen LogP contribution in [0.25, 0.3) is 0 Å². The van der Waals surface area contributed by atoms with Crippen LogP contribution in [0, 0.1) is 5.41 Å². The molecule has 1 aliphatic heterocycles. The molecule has 11 heavy (non-hydrogen) atoms. The monoisotopic (exact) mass is 155 g/mol. The summed E-state index contributed by atoms with van der Waals surface area (Å²) in [6.45, 7) is 6.12. The van der Waals surface area contributed by atoms with Gasteiger partial charge >= 0.3 is 0 Å². The maximum absolute atomic E-state index is 11.3. The first-order chi connectivity index (χ1) is 5.11. The summed E-state index contributed by atoms with van der Waals surface area (Å²) in [7, 11) is 0. The largest absolute Gasteiger partial charge is 0.379 e. The Labute approximate surface area is 66.2 Å². The van der Waals surface area contributed by atoms with Crippen LogP contribution in [0.4, 0.5) is 0 Å². The summed E-state index contributed by atoms with van der Waals surface area (Å²) in [6.07, 6.45) is 1.31. The molecule has 0 saturated carbocycles. The molecule has 0 radical (unpaired) electrons. The Morgan fingerprint density at radius 1 is 1.91 bits per heavy atom. The second-order valence-electron chi connectivity index (χ2n) is 3.11. The van der Waals surface area contributed by atoms with Gasteiger partial charge in [-0.1, -0.05) is 6.58 Å². The smallest absolute Gasteiger partial charge is 0.164 e. The summed E-state index contributed by atoms with van der Waals surface area (Å²) in [4.78, 5) is 11.3. The second-order valence-corrected chi connectivity index (χ2v) is 3.11. The van der Waals surface area contributed by atoms with Gasteiger partial charge in [-0.2, -0.15) is 0 Å². The molecule has 1 saturated heterocycles. The van der Waals surface area contributed by atoms with E-state index in [0.29, 0.717) is 13.2 Å². The minimum atomic E-state index is -0.540. The summed E-state index contributed by atoms with van der Waals surface area (Å²) in [6, 6.07) is -0.187. The summed E-state index contributed by atoms with van der Waals surface area (Å²) in [5, 5.41) is 0. The highest BCUT2D eigenvalue weighted by molar-refractivity contribution is 5.95. The molecule has 62 valence electrons. The van der Waals surface area contributed by atoms with Gasteiger partial charge in [-0.05, 0) is 13.0 Å². The van der Waals surface area contributed by atoms with Gasteiger partial charge < -0.3 is 10.5 Å². The molecule has 1 fully saturated rings. The lowest BCUT2D eigenvalue weighted by Gasteiger charge is -2.22. The molecule has 2 N–H and O–H groups in total. The zero-order chi connectivity index (χ0) is 8.48. The fourth-order valence-corrected chi connectivity index (χ4v) is 1.18. The first-order valence-corrected chi connectivity index (χ1v) is 3.61. The van der Waals surface area contributed by atoms with Crippen molar-refractivity contribution in [3.05, 3.63) is 12.7 Å². The van der Waals surface area contributed by atoms with E-state index in [1.165, 1.54) is 6.08 Å². The summed E-state index contributed by atoms with van der Waals surface area (Å²) in [5.74, 6) is -0.0255. The molecule has 0 spiro atoms. The number of nitrogens with two attached hydrogens (primary N) is 1. The zero-order valence-electron chi connectivity index (χ0n) is 6.67. The molecule has 0 amide bonds. The highest BCUT2D eigenvalue weighted by Crippen LogP contribution is 2.28. The van der Waals surface area contributed by atoms with Crippen molar-refractivity contribution in [3.8, 4) is 0 Å². The number of carbonyl (C=O) groups is 1. The van der Waals surface area contributed by atoms with Gasteiger partial charge in [0.2, 0.25) is 0 Å². The molecule has 0 aromatic heterocycles. The first-order valence-electron chi connectivity index (χ1n) is 3.61. The van der Waals surface area contributed by atoms with Crippen molar-refractivity contribution < 1.29 is 9.53 Å². The van der Waals surface area contributed by atoms with Crippen LogP contribution < -0.4 is 5.73 Å². The van der Waals surface area contributed by atoms with Crippen molar-refractivity contribution in [2.24, 2.45) is 11.1 Å². The van der Waals surface area contributed by atoms with E-state index in [1.54, 1.807) is 0 Å². The maximum atomic E-state index is 11.3. The number of ketones is 1. The molecule has 3 nitrogen and oxygen atoms in total. The third kappa shape index (κ3) is 1.21. The molecular formula is C8H13NO2. The van der Waals surface area contributed by atoms with E-state index in [-0.39, 0.29) is 11.8 Å². The van der Waals surface area contributed by atoms with E-state index < -0.39 is 5.41 Å². The van der Waals surface area contributed by atoms with Gasteiger partial charge in [0.05, 0.1) is 18.6 Å². The zero-order valence-corrected chi connectivity index (χ0v) is 6.67. The van der Waals surface area contributed by atoms with Crippen molar-refractivity contribution in [1.82, 2.24) is 0 Å². The molecule has 2 atom stereocenters. The van der Waals surface area contributed by atoms with Crippen LogP contribution in [0.5, 0.6) is 0 Å². The maximum Gasteiger partial charge on any atom is 0.164 e. The van der Waals surface area contributed by atoms with Gasteiger partial charge in [-0.15, -0.1) is 0 Å². The molecule has 0 aromatic carbocycles. The fraction of sp³-hybridized carbons (Fsp3) is 0.625. The summed E-state index contributed by atoms with van der Waals surface area (Å²) >= 11 is 0. The average Bonchev–Trinajstić information content (AvgIpc) is 2.32. The highest BCUT2D eigenvalue weighted by atomic mass is 16.5. The Hall–Kier alpha value is -0.670. The second kappa shape index (κ2) is 2.75. The molecule has 3 heteroatoms. The summed E-state index contributed by atoms with van der Waals surface area (Å²) < 4.78 is 5.10. The van der Waals surface area contributed by atoms with Crippen LogP contribution in [0.3, 0.4) is 0 Å². The number of allylic oxidation sites excluding steroid dienone is 1. The molecule has 0 bridgehead atoms. The van der Waals surface area contributed by atoms with Crippen LogP contribution in [0.1, 0.15) is 6.92 Å². The quantitative estimate of drug-likeness (QED) is 0.576. The number of hydrogen-bond acceptors (Lipinski definition) is 3. The van der Waals surface area contributed by atoms with Crippen LogP contribution >= 0.6 is 0 Å². The average molecular weight is 155 g/mol. The van der Waals surface area contributed by atoms with Crippen LogP contribution in [0.15, 0.2) is 12.7 Å². The Kier molecular flexibility index (Phi) is 2.11. The minimum Gasteiger partial charge on any atom is -0.379 e. The van der Waals surface area contributed by atoms with Gasteiger partial charge in [0.25, 0.3) is 0 Å². The molecular weight excluding hydrogens is 142 g/mol. The number of hydrogen-bond donors (Lipinski definition) is 1. The van der Waals surface area contributed by atoms with Gasteiger partial charge in [0, 0.05) is 6.04 Å². The van der Waals surface area contributed by atoms with Crippen molar-refractivity contribution >= 4 is 5.78 Å². The van der Waals surface area contributed by atoms with E-state index in [1.807, 2.05) is 6.92 Å². The van der Waals surface area contributed by atoms with Crippen LogP contribution in [-0.4, -0.2) is 25.0 Å². The number of carbonyl (C=O) groups excluding carboxylic acids is 1. The third-order valence-corrected chi connectivity index (χ3v) is 2.27. The molecule has 1 heterocycles.